The maximum atomic E-state index is 11.2. The van der Waals surface area contributed by atoms with E-state index in [2.05, 4.69) is 0 Å². The van der Waals surface area contributed by atoms with Crippen LogP contribution in [0.3, 0.4) is 0 Å². The monoisotopic (exact) mass is 303 g/mol. The zero-order valence-corrected chi connectivity index (χ0v) is 10.5. The van der Waals surface area contributed by atoms with Gasteiger partial charge in [-0.3, -0.25) is 4.79 Å². The summed E-state index contributed by atoms with van der Waals surface area (Å²) < 4.78 is 10.3. The van der Waals surface area contributed by atoms with E-state index in [9.17, 15) is 4.79 Å². The minimum atomic E-state index is -2.57. The van der Waals surface area contributed by atoms with Crippen molar-refractivity contribution in [3.8, 4) is 0 Å². The molecule has 0 aromatic rings. The second kappa shape index (κ2) is 6.03. The SMILES string of the molecule is CO[Si](CCCN)(OC)C(=O)I. The minimum Gasteiger partial charge on any atom is -0.392 e. The molecule has 0 bridgehead atoms. The Hall–Kier alpha value is 0.497. The zero-order chi connectivity index (χ0) is 9.61. The lowest BCUT2D eigenvalue weighted by molar-refractivity contribution is 0.230. The third-order valence-electron chi connectivity index (χ3n) is 1.67. The first kappa shape index (κ1) is 12.5. The Balaban J connectivity index is 4.25. The first-order chi connectivity index (χ1) is 5.63. The van der Waals surface area contributed by atoms with Gasteiger partial charge in [-0.1, -0.05) is 0 Å². The lowest BCUT2D eigenvalue weighted by atomic mass is 10.5. The summed E-state index contributed by atoms with van der Waals surface area (Å²) >= 11 is 1.73. The molecule has 0 aliphatic rings. The van der Waals surface area contributed by atoms with E-state index < -0.39 is 8.56 Å². The van der Waals surface area contributed by atoms with Crippen LogP contribution in [0.5, 0.6) is 0 Å². The van der Waals surface area contributed by atoms with E-state index in [1.54, 1.807) is 22.6 Å². The third-order valence-corrected chi connectivity index (χ3v) is 7.06. The number of rotatable bonds is 6. The average molecular weight is 303 g/mol. The van der Waals surface area contributed by atoms with Gasteiger partial charge in [0.1, 0.15) is 0 Å². The predicted molar refractivity (Wildman–Crippen MR) is 57.7 cm³/mol. The Labute approximate surface area is 87.2 Å². The van der Waals surface area contributed by atoms with E-state index >= 15 is 0 Å². The molecule has 6 heteroatoms. The molecule has 0 saturated heterocycles. The highest BCUT2D eigenvalue weighted by molar-refractivity contribution is 14.1. The molecule has 0 amide bonds. The maximum Gasteiger partial charge on any atom is 0.422 e. The van der Waals surface area contributed by atoms with Gasteiger partial charge in [0, 0.05) is 14.2 Å². The van der Waals surface area contributed by atoms with Crippen molar-refractivity contribution in [2.45, 2.75) is 12.5 Å². The first-order valence-electron chi connectivity index (χ1n) is 3.63. The van der Waals surface area contributed by atoms with Gasteiger partial charge >= 0.3 is 8.56 Å². The predicted octanol–water partition coefficient (Wildman–Crippen LogP) is 1.21. The summed E-state index contributed by atoms with van der Waals surface area (Å²) in [7, 11) is 0.459. The fourth-order valence-electron chi connectivity index (χ4n) is 0.881. The Kier molecular flexibility index (Phi) is 6.28. The van der Waals surface area contributed by atoms with E-state index in [0.717, 1.165) is 6.42 Å². The van der Waals surface area contributed by atoms with Gasteiger partial charge in [-0.2, -0.15) is 0 Å². The van der Waals surface area contributed by atoms with Gasteiger partial charge in [0.05, 0.1) is 0 Å². The number of halogens is 1. The summed E-state index contributed by atoms with van der Waals surface area (Å²) in [6.45, 7) is 0.561. The lowest BCUT2D eigenvalue weighted by Crippen LogP contribution is -2.46. The molecule has 0 aliphatic carbocycles. The molecule has 0 rings (SSSR count). The van der Waals surface area contributed by atoms with Gasteiger partial charge in [0.15, 0.2) is 0 Å². The van der Waals surface area contributed by atoms with Crippen molar-refractivity contribution in [2.75, 3.05) is 20.8 Å². The third kappa shape index (κ3) is 3.09. The van der Waals surface area contributed by atoms with Crippen LogP contribution in [0, 0.1) is 0 Å². The second-order valence-corrected chi connectivity index (χ2v) is 7.60. The second-order valence-electron chi connectivity index (χ2n) is 2.33. The topological polar surface area (TPSA) is 61.6 Å². The molecule has 0 aromatic heterocycles. The van der Waals surface area contributed by atoms with Crippen LogP contribution in [0.25, 0.3) is 0 Å². The van der Waals surface area contributed by atoms with Crippen molar-refractivity contribution in [1.82, 2.24) is 0 Å². The molecule has 0 spiro atoms. The molecule has 0 fully saturated rings. The molecule has 0 atom stereocenters. The summed E-state index contributed by atoms with van der Waals surface area (Å²) in [5.74, 6) is 0. The average Bonchev–Trinajstić information content (AvgIpc) is 2.07. The van der Waals surface area contributed by atoms with E-state index in [0.29, 0.717) is 12.6 Å². The van der Waals surface area contributed by atoms with Crippen molar-refractivity contribution in [1.29, 1.82) is 0 Å². The van der Waals surface area contributed by atoms with E-state index in [-0.39, 0.29) is 3.41 Å². The molecule has 4 nitrogen and oxygen atoms in total. The summed E-state index contributed by atoms with van der Waals surface area (Å²) in [6.07, 6.45) is 0.767. The van der Waals surface area contributed by atoms with Gasteiger partial charge in [0.25, 0.3) is 0 Å². The quantitative estimate of drug-likeness (QED) is 0.455. The van der Waals surface area contributed by atoms with Crippen molar-refractivity contribution in [3.63, 3.8) is 0 Å². The molecular weight excluding hydrogens is 289 g/mol. The Morgan fingerprint density at radius 1 is 1.50 bits per heavy atom. The Morgan fingerprint density at radius 2 is 2.00 bits per heavy atom. The van der Waals surface area contributed by atoms with E-state index in [1.807, 2.05) is 0 Å². The zero-order valence-electron chi connectivity index (χ0n) is 7.30. The molecule has 0 saturated carbocycles. The maximum absolute atomic E-state index is 11.2. The highest BCUT2D eigenvalue weighted by atomic mass is 127. The highest BCUT2D eigenvalue weighted by Crippen LogP contribution is 2.19. The van der Waals surface area contributed by atoms with Gasteiger partial charge in [-0.05, 0) is 41.6 Å². The molecule has 72 valence electrons. The smallest absolute Gasteiger partial charge is 0.392 e. The van der Waals surface area contributed by atoms with Crippen LogP contribution in [0.2, 0.25) is 6.04 Å². The summed E-state index contributed by atoms with van der Waals surface area (Å²) in [4.78, 5) is 11.2. The van der Waals surface area contributed by atoms with Gasteiger partial charge in [-0.25, -0.2) is 0 Å². The first-order valence-corrected chi connectivity index (χ1v) is 6.73. The van der Waals surface area contributed by atoms with Crippen molar-refractivity contribution < 1.29 is 13.6 Å². The molecule has 2 N–H and O–H groups in total. The Morgan fingerprint density at radius 3 is 2.25 bits per heavy atom. The van der Waals surface area contributed by atoms with Gasteiger partial charge in [0.2, 0.25) is 3.41 Å². The van der Waals surface area contributed by atoms with E-state index in [1.165, 1.54) is 14.2 Å². The number of hydrogen-bond acceptors (Lipinski definition) is 4. The molecule has 0 radical (unpaired) electrons. The van der Waals surface area contributed by atoms with Crippen LogP contribution in [-0.2, 0) is 8.85 Å². The normalized spacial score (nSPS) is 11.7. The molecule has 0 aromatic carbocycles. The van der Waals surface area contributed by atoms with Gasteiger partial charge in [-0.15, -0.1) is 0 Å². The van der Waals surface area contributed by atoms with Crippen LogP contribution in [0.15, 0.2) is 0 Å². The summed E-state index contributed by atoms with van der Waals surface area (Å²) in [5, 5.41) is 0. The molecule has 12 heavy (non-hydrogen) atoms. The number of hydrogen-bond donors (Lipinski definition) is 1. The van der Waals surface area contributed by atoms with E-state index in [4.69, 9.17) is 14.6 Å². The van der Waals surface area contributed by atoms with Crippen LogP contribution in [0.4, 0.5) is 4.79 Å². The fraction of sp³-hybridized carbons (Fsp3) is 0.833. The van der Waals surface area contributed by atoms with Gasteiger partial charge < -0.3 is 14.6 Å². The Bertz CT molecular complexity index is 152. The van der Waals surface area contributed by atoms with Crippen LogP contribution < -0.4 is 5.73 Å². The lowest BCUT2D eigenvalue weighted by Gasteiger charge is -2.22. The number of nitrogens with two attached hydrogens (primary N) is 1. The molecule has 0 unspecified atom stereocenters. The molecular formula is C6H14INO3Si. The van der Waals surface area contributed by atoms with Crippen molar-refractivity contribution in [2.24, 2.45) is 5.73 Å². The summed E-state index contributed by atoms with van der Waals surface area (Å²) in [5.41, 5.74) is 5.34. The molecule has 0 heterocycles. The fourth-order valence-corrected chi connectivity index (χ4v) is 4.77. The standard InChI is InChI=1S/C6H14INO3Si/c1-10-12(11-2,6(7)9)5-3-4-8/h3-5,8H2,1-2H3. The number of carbonyl (C=O) groups is 1. The number of carbonyl (C=O) groups excluding carboxylic acids is 1. The minimum absolute atomic E-state index is 0.0152. The summed E-state index contributed by atoms with van der Waals surface area (Å²) in [6, 6.07) is 0.637. The van der Waals surface area contributed by atoms with Crippen LogP contribution in [0.1, 0.15) is 6.42 Å². The largest absolute Gasteiger partial charge is 0.422 e. The van der Waals surface area contributed by atoms with Crippen molar-refractivity contribution >= 4 is 34.6 Å². The van der Waals surface area contributed by atoms with Crippen molar-refractivity contribution in [3.05, 3.63) is 0 Å². The van der Waals surface area contributed by atoms with Crippen LogP contribution >= 0.6 is 22.6 Å². The van der Waals surface area contributed by atoms with Crippen LogP contribution in [-0.4, -0.2) is 32.7 Å². The molecule has 0 aliphatic heterocycles. The highest BCUT2D eigenvalue weighted by Gasteiger charge is 2.42.